The maximum atomic E-state index is 14.6. The van der Waals surface area contributed by atoms with Gasteiger partial charge in [-0.1, -0.05) is 117 Å². The van der Waals surface area contributed by atoms with Crippen LogP contribution in [0.15, 0.2) is 66.7 Å². The average Bonchev–Trinajstić information content (AvgIpc) is 1.76. The maximum Gasteiger partial charge on any atom is 0.312 e. The number of amides is 10. The second-order valence-corrected chi connectivity index (χ2v) is 24.1. The Kier molecular flexibility index (Phi) is 34.4. The molecule has 0 aliphatic carbocycles. The number of nitrogens with zero attached hydrogens (tertiary/aromatic N) is 3. The molecule has 502 valence electrons. The molecule has 25 heteroatoms. The van der Waals surface area contributed by atoms with Gasteiger partial charge in [-0.3, -0.25) is 52.9 Å². The van der Waals surface area contributed by atoms with E-state index in [4.69, 9.17) is 25.2 Å². The number of hydroxylamine groups is 1. The minimum atomic E-state index is -1.10. The molecule has 1 fully saturated rings. The number of nitrogens with one attached hydrogen (secondary N) is 7. The van der Waals surface area contributed by atoms with E-state index in [9.17, 15) is 47.9 Å². The van der Waals surface area contributed by atoms with Crippen LogP contribution >= 0.6 is 0 Å². The van der Waals surface area contributed by atoms with Crippen LogP contribution < -0.4 is 43.1 Å². The number of methoxy groups -OCH3 is 2. The normalized spacial score (nSPS) is 16.2. The number of benzene rings is 2. The number of anilines is 1. The van der Waals surface area contributed by atoms with Crippen molar-refractivity contribution in [3.63, 3.8) is 0 Å². The molecule has 1 heterocycles. The van der Waals surface area contributed by atoms with Gasteiger partial charge in [0.15, 0.2) is 0 Å². The zero-order valence-electron chi connectivity index (χ0n) is 55.0. The smallest absolute Gasteiger partial charge is 0.312 e. The number of carbonyl (C=O) groups excluding carboxylic acids is 9. The molecule has 90 heavy (non-hydrogen) atoms. The zero-order valence-corrected chi connectivity index (χ0v) is 55.0. The third kappa shape index (κ3) is 26.2. The van der Waals surface area contributed by atoms with Crippen LogP contribution in [0.5, 0.6) is 0 Å². The largest absolute Gasteiger partial charge is 0.481 e. The quantitative estimate of drug-likeness (QED) is 0.0250. The highest BCUT2D eigenvalue weighted by Crippen LogP contribution is 2.30. The van der Waals surface area contributed by atoms with E-state index in [2.05, 4.69) is 37.4 Å². The molecule has 10 amide bonds. The summed E-state index contributed by atoms with van der Waals surface area (Å²) in [6, 6.07) is 11.1. The third-order valence-corrected chi connectivity index (χ3v) is 16.2. The average molecular weight is 1260 g/mol. The van der Waals surface area contributed by atoms with Crippen molar-refractivity contribution < 1.29 is 67.4 Å². The number of hydrogen-bond donors (Lipinski definition) is 9. The molecule has 1 saturated heterocycles. The minimum absolute atomic E-state index is 0.0189. The van der Waals surface area contributed by atoms with E-state index in [-0.39, 0.29) is 99.6 Å². The van der Waals surface area contributed by atoms with Crippen molar-refractivity contribution in [1.29, 1.82) is 0 Å². The van der Waals surface area contributed by atoms with Crippen molar-refractivity contribution in [3.05, 3.63) is 77.9 Å². The van der Waals surface area contributed by atoms with Gasteiger partial charge in [-0.2, -0.15) is 0 Å². The first-order chi connectivity index (χ1) is 42.8. The standard InChI is InChI=1S/C65H103N11O14/c1-13-15-35-76(55(80)39-68-64(86)58(42(5)6)74(9)10)59(43(7)14-2)51(88-11)38-54(79)75-36-21-25-50(75)60(89-12)44(8)61(83)70-48(37-45-22-17-16-18-23-45)32-33-53(78)73-90-40-46-28-30-47(31-29-46)69-62(84)49(24-20-34-67-65(66)87)71-63(85)57(41(3)4)72-52(77)26-19-27-56(81)82/h16-18,22-23,28-33,41-44,48-51,57-60H,13-15,19-21,24-27,34-40H2,1-12H3,(H,68,86)(H,69,84)(H,70,83)(H,71,85)(H,72,77)(H,73,78)(H,81,82)(H3,66,67,87). The molecular weight excluding hydrogens is 1160 g/mol. The lowest BCUT2D eigenvalue weighted by molar-refractivity contribution is -0.147. The summed E-state index contributed by atoms with van der Waals surface area (Å²) in [5, 5.41) is 25.5. The van der Waals surface area contributed by atoms with Crippen LogP contribution in [0.1, 0.15) is 137 Å². The lowest BCUT2D eigenvalue weighted by atomic mass is 9.89. The van der Waals surface area contributed by atoms with Gasteiger partial charge in [0.05, 0.1) is 61.9 Å². The number of ether oxygens (including phenoxy) is 2. The first-order valence-corrected chi connectivity index (χ1v) is 31.5. The second kappa shape index (κ2) is 40.3. The highest BCUT2D eigenvalue weighted by atomic mass is 16.6. The summed E-state index contributed by atoms with van der Waals surface area (Å²) in [6.45, 7) is 15.9. The first-order valence-electron chi connectivity index (χ1n) is 31.5. The zero-order chi connectivity index (χ0) is 67.0. The topological polar surface area (TPSA) is 339 Å². The number of urea groups is 1. The van der Waals surface area contributed by atoms with E-state index < -0.39 is 90.0 Å². The van der Waals surface area contributed by atoms with Gasteiger partial charge in [0, 0.05) is 58.5 Å². The molecule has 0 spiro atoms. The Balaban J connectivity index is 1.71. The van der Waals surface area contributed by atoms with Gasteiger partial charge in [-0.15, -0.1) is 0 Å². The number of likely N-dealkylation sites (tertiary alicyclic amines) is 1. The molecule has 10 unspecified atom stereocenters. The Bertz CT molecular complexity index is 2630. The monoisotopic (exact) mass is 1260 g/mol. The fourth-order valence-electron chi connectivity index (χ4n) is 11.2. The summed E-state index contributed by atoms with van der Waals surface area (Å²) < 4.78 is 12.2. The van der Waals surface area contributed by atoms with Crippen LogP contribution in [-0.2, 0) is 70.5 Å². The van der Waals surface area contributed by atoms with Crippen LogP contribution in [0.4, 0.5) is 10.5 Å². The molecule has 10 atom stereocenters. The van der Waals surface area contributed by atoms with Crippen molar-refractivity contribution in [3.8, 4) is 0 Å². The fourth-order valence-corrected chi connectivity index (χ4v) is 11.2. The van der Waals surface area contributed by atoms with Crippen LogP contribution in [0.2, 0.25) is 0 Å². The molecule has 3 rings (SSSR count). The van der Waals surface area contributed by atoms with Crippen molar-refractivity contribution in [2.45, 2.75) is 188 Å². The van der Waals surface area contributed by atoms with Crippen molar-refractivity contribution in [2.75, 3.05) is 59.8 Å². The van der Waals surface area contributed by atoms with Gasteiger partial charge >= 0.3 is 12.0 Å². The first kappa shape index (κ1) is 76.8. The van der Waals surface area contributed by atoms with Crippen LogP contribution in [0.25, 0.3) is 0 Å². The van der Waals surface area contributed by atoms with E-state index in [1.165, 1.54) is 13.2 Å². The lowest BCUT2D eigenvalue weighted by Crippen LogP contribution is -2.56. The van der Waals surface area contributed by atoms with Crippen molar-refractivity contribution in [1.82, 2.24) is 46.8 Å². The minimum Gasteiger partial charge on any atom is -0.481 e. The SMILES string of the molecule is CCCCN(C(=O)CNC(=O)C(C(C)C)N(C)C)C(C(C)CC)C(CC(=O)N1CCCC1C(OC)C(C)C(=O)NC(C=CC(=O)NOCc1ccc(NC(=O)C(CCCNC(N)=O)NC(=O)C(NC(=O)CCCC(=O)O)C(C)C)cc1)Cc1ccccc1)OC. The van der Waals surface area contributed by atoms with Gasteiger partial charge in [0.1, 0.15) is 12.1 Å². The molecule has 0 saturated carbocycles. The number of unbranched alkanes of at least 4 members (excludes halogenated alkanes) is 1. The number of carboxylic acid groups (broad SMARTS) is 1. The molecule has 1 aliphatic rings. The number of aliphatic carboxylic acids is 1. The molecule has 10 N–H and O–H groups in total. The van der Waals surface area contributed by atoms with E-state index in [0.29, 0.717) is 56.4 Å². The van der Waals surface area contributed by atoms with Gasteiger partial charge < -0.3 is 62.0 Å². The summed E-state index contributed by atoms with van der Waals surface area (Å²) >= 11 is 0. The highest BCUT2D eigenvalue weighted by Gasteiger charge is 2.43. The van der Waals surface area contributed by atoms with Gasteiger partial charge in [-0.05, 0) is 100 Å². The molecular formula is C65H103N11O14. The molecule has 2 aromatic carbocycles. The molecule has 25 nitrogen and oxygen atoms in total. The number of carboxylic acids is 1. The third-order valence-electron chi connectivity index (χ3n) is 16.2. The second-order valence-electron chi connectivity index (χ2n) is 24.1. The predicted octanol–water partition coefficient (Wildman–Crippen LogP) is 4.58. The Hall–Kier alpha value is -7.48. The number of likely N-dealkylation sites (N-methyl/N-ethyl adjacent to an activating group) is 1. The van der Waals surface area contributed by atoms with Gasteiger partial charge in [0.25, 0.3) is 5.91 Å². The van der Waals surface area contributed by atoms with Crippen LogP contribution in [-0.4, -0.2) is 182 Å². The Morgan fingerprint density at radius 2 is 1.47 bits per heavy atom. The Morgan fingerprint density at radius 1 is 0.778 bits per heavy atom. The summed E-state index contributed by atoms with van der Waals surface area (Å²) in [5.74, 6) is -5.60. The van der Waals surface area contributed by atoms with Crippen LogP contribution in [0.3, 0.4) is 0 Å². The Morgan fingerprint density at radius 3 is 2.06 bits per heavy atom. The van der Waals surface area contributed by atoms with E-state index in [0.717, 1.165) is 12.0 Å². The van der Waals surface area contributed by atoms with E-state index >= 15 is 0 Å². The lowest BCUT2D eigenvalue weighted by Gasteiger charge is -2.41. The van der Waals surface area contributed by atoms with E-state index in [1.807, 2.05) is 83.9 Å². The summed E-state index contributed by atoms with van der Waals surface area (Å²) in [5.41, 5.74) is 9.48. The predicted molar refractivity (Wildman–Crippen MR) is 342 cm³/mol. The summed E-state index contributed by atoms with van der Waals surface area (Å²) in [4.78, 5) is 142. The van der Waals surface area contributed by atoms with Crippen molar-refractivity contribution in [2.24, 2.45) is 29.4 Å². The van der Waals surface area contributed by atoms with Crippen LogP contribution in [0, 0.1) is 23.7 Å². The Labute approximate surface area is 531 Å². The molecule has 0 radical (unpaired) electrons. The number of primary amides is 1. The molecule has 0 aromatic heterocycles. The van der Waals surface area contributed by atoms with Gasteiger partial charge in [0.2, 0.25) is 41.4 Å². The number of hydrogen-bond acceptors (Lipinski definition) is 14. The highest BCUT2D eigenvalue weighted by molar-refractivity contribution is 5.98. The molecule has 0 bridgehead atoms. The summed E-state index contributed by atoms with van der Waals surface area (Å²) in [7, 11) is 6.74. The van der Waals surface area contributed by atoms with E-state index in [1.54, 1.807) is 68.0 Å². The number of nitrogens with two attached hydrogens (primary N) is 1. The molecule has 1 aliphatic heterocycles. The van der Waals surface area contributed by atoms with Gasteiger partial charge in [-0.25, -0.2) is 10.3 Å². The van der Waals surface area contributed by atoms with Crippen molar-refractivity contribution >= 4 is 64.9 Å². The molecule has 2 aromatic rings. The maximum absolute atomic E-state index is 14.6. The summed E-state index contributed by atoms with van der Waals surface area (Å²) in [6.07, 6.45) is 5.38. The number of rotatable bonds is 41. The number of carbonyl (C=O) groups is 10. The fraction of sp³-hybridized carbons (Fsp3) is 0.631.